The molecular formula is C13H16N6. The van der Waals surface area contributed by atoms with E-state index in [1.165, 1.54) is 0 Å². The highest BCUT2D eigenvalue weighted by molar-refractivity contribution is 5.77. The molecular weight excluding hydrogens is 240 g/mol. The molecule has 0 atom stereocenters. The van der Waals surface area contributed by atoms with Crippen molar-refractivity contribution in [1.29, 1.82) is 0 Å². The summed E-state index contributed by atoms with van der Waals surface area (Å²) in [6.07, 6.45) is 0. The Morgan fingerprint density at radius 1 is 1.21 bits per heavy atom. The number of anilines is 1. The number of hydrogen-bond acceptors (Lipinski definition) is 4. The van der Waals surface area contributed by atoms with Crippen LogP contribution in [-0.2, 0) is 13.6 Å². The van der Waals surface area contributed by atoms with Crippen LogP contribution in [0.2, 0.25) is 0 Å². The molecule has 0 radical (unpaired) electrons. The van der Waals surface area contributed by atoms with Crippen molar-refractivity contribution in [2.45, 2.75) is 20.4 Å². The Bertz CT molecular complexity index is 752. The second-order valence-corrected chi connectivity index (χ2v) is 4.71. The van der Waals surface area contributed by atoms with Crippen LogP contribution in [0.25, 0.3) is 11.2 Å². The van der Waals surface area contributed by atoms with Crippen LogP contribution in [0.4, 0.5) is 5.95 Å². The van der Waals surface area contributed by atoms with Crippen molar-refractivity contribution in [3.63, 3.8) is 0 Å². The van der Waals surface area contributed by atoms with Gasteiger partial charge >= 0.3 is 0 Å². The molecule has 6 nitrogen and oxygen atoms in total. The lowest BCUT2D eigenvalue weighted by molar-refractivity contribution is 0.717. The van der Waals surface area contributed by atoms with Gasteiger partial charge in [-0.2, -0.15) is 5.10 Å². The molecule has 0 aliphatic heterocycles. The molecule has 6 heteroatoms. The zero-order valence-corrected chi connectivity index (χ0v) is 11.3. The first kappa shape index (κ1) is 11.7. The fourth-order valence-corrected chi connectivity index (χ4v) is 2.36. The number of fused-ring (bicyclic) bond motifs is 1. The Kier molecular flexibility index (Phi) is 2.51. The van der Waals surface area contributed by atoms with Gasteiger partial charge in [0.15, 0.2) is 5.65 Å². The summed E-state index contributed by atoms with van der Waals surface area (Å²) in [5.74, 6) is 0.495. The molecule has 19 heavy (non-hydrogen) atoms. The number of aromatic nitrogens is 5. The summed E-state index contributed by atoms with van der Waals surface area (Å²) in [6.45, 7) is 4.51. The summed E-state index contributed by atoms with van der Waals surface area (Å²) >= 11 is 0. The van der Waals surface area contributed by atoms with Crippen molar-refractivity contribution in [2.75, 3.05) is 5.73 Å². The minimum Gasteiger partial charge on any atom is -0.369 e. The Labute approximate surface area is 110 Å². The summed E-state index contributed by atoms with van der Waals surface area (Å²) < 4.78 is 3.75. The Balaban J connectivity index is 2.12. The minimum absolute atomic E-state index is 0.495. The number of nitrogens with zero attached hydrogens (tertiary/aromatic N) is 5. The molecule has 2 N–H and O–H groups in total. The van der Waals surface area contributed by atoms with E-state index in [2.05, 4.69) is 15.1 Å². The van der Waals surface area contributed by atoms with Gasteiger partial charge < -0.3 is 5.73 Å². The largest absolute Gasteiger partial charge is 0.369 e. The maximum Gasteiger partial charge on any atom is 0.202 e. The Morgan fingerprint density at radius 3 is 2.74 bits per heavy atom. The molecule has 0 aromatic carbocycles. The van der Waals surface area contributed by atoms with Gasteiger partial charge in [0, 0.05) is 12.7 Å². The Morgan fingerprint density at radius 2 is 2.00 bits per heavy atom. The molecule has 0 fully saturated rings. The number of rotatable bonds is 2. The van der Waals surface area contributed by atoms with Crippen molar-refractivity contribution < 1.29 is 0 Å². The van der Waals surface area contributed by atoms with Gasteiger partial charge in [0.05, 0.1) is 17.9 Å². The third-order valence-electron chi connectivity index (χ3n) is 3.19. The molecule has 3 heterocycles. The molecule has 0 aliphatic carbocycles. The van der Waals surface area contributed by atoms with Gasteiger partial charge in [-0.05, 0) is 26.0 Å². The molecule has 3 rings (SSSR count). The molecule has 0 unspecified atom stereocenters. The van der Waals surface area contributed by atoms with Crippen LogP contribution in [-0.4, -0.2) is 24.3 Å². The number of imidazole rings is 1. The van der Waals surface area contributed by atoms with Gasteiger partial charge in [-0.3, -0.25) is 14.2 Å². The van der Waals surface area contributed by atoms with E-state index in [1.54, 1.807) is 0 Å². The van der Waals surface area contributed by atoms with Gasteiger partial charge in [0.2, 0.25) is 5.95 Å². The lowest BCUT2D eigenvalue weighted by atomic mass is 10.3. The second kappa shape index (κ2) is 4.08. The third kappa shape index (κ3) is 1.85. The SMILES string of the molecule is Cc1cccc(Cn2c(N)nc3c(C)nn(C)c32)n1. The van der Waals surface area contributed by atoms with E-state index in [1.807, 2.05) is 48.3 Å². The molecule has 3 aromatic rings. The van der Waals surface area contributed by atoms with Crippen molar-refractivity contribution in [3.8, 4) is 0 Å². The molecule has 3 aromatic heterocycles. The second-order valence-electron chi connectivity index (χ2n) is 4.71. The average molecular weight is 256 g/mol. The monoisotopic (exact) mass is 256 g/mol. The maximum atomic E-state index is 6.00. The number of aryl methyl sites for hydroxylation is 3. The smallest absolute Gasteiger partial charge is 0.202 e. The van der Waals surface area contributed by atoms with Crippen LogP contribution in [0.5, 0.6) is 0 Å². The minimum atomic E-state index is 0.495. The quantitative estimate of drug-likeness (QED) is 0.752. The van der Waals surface area contributed by atoms with Crippen molar-refractivity contribution in [3.05, 3.63) is 35.3 Å². The normalized spacial score (nSPS) is 11.3. The summed E-state index contributed by atoms with van der Waals surface area (Å²) in [4.78, 5) is 8.88. The summed E-state index contributed by atoms with van der Waals surface area (Å²) in [6, 6.07) is 5.96. The van der Waals surface area contributed by atoms with Crippen LogP contribution in [0.1, 0.15) is 17.1 Å². The summed E-state index contributed by atoms with van der Waals surface area (Å²) in [5, 5.41) is 4.37. The van der Waals surface area contributed by atoms with Crippen LogP contribution in [0.15, 0.2) is 18.2 Å². The third-order valence-corrected chi connectivity index (χ3v) is 3.19. The Hall–Kier alpha value is -2.37. The number of pyridine rings is 1. The van der Waals surface area contributed by atoms with Crippen LogP contribution in [0, 0.1) is 13.8 Å². The molecule has 0 amide bonds. The zero-order chi connectivity index (χ0) is 13.6. The predicted octanol–water partition coefficient (Wildman–Crippen LogP) is 1.41. The fourth-order valence-electron chi connectivity index (χ4n) is 2.36. The van der Waals surface area contributed by atoms with E-state index >= 15 is 0 Å². The topological polar surface area (TPSA) is 74.6 Å². The average Bonchev–Trinajstić information content (AvgIpc) is 2.80. The standard InChI is InChI=1S/C13H16N6/c1-8-5-4-6-10(15-8)7-19-12-11(16-13(19)14)9(2)17-18(12)3/h4-6H,7H2,1-3H3,(H2,14,16). The molecule has 0 saturated heterocycles. The van der Waals surface area contributed by atoms with Crippen LogP contribution < -0.4 is 5.73 Å². The molecule has 98 valence electrons. The van der Waals surface area contributed by atoms with E-state index in [0.29, 0.717) is 12.5 Å². The van der Waals surface area contributed by atoms with Crippen molar-refractivity contribution in [1.82, 2.24) is 24.3 Å². The highest BCUT2D eigenvalue weighted by atomic mass is 15.3. The first-order valence-corrected chi connectivity index (χ1v) is 6.14. The maximum absolute atomic E-state index is 6.00. The fraction of sp³-hybridized carbons (Fsp3) is 0.308. The van der Waals surface area contributed by atoms with E-state index < -0.39 is 0 Å². The van der Waals surface area contributed by atoms with E-state index in [4.69, 9.17) is 5.73 Å². The zero-order valence-electron chi connectivity index (χ0n) is 11.3. The van der Waals surface area contributed by atoms with Crippen molar-refractivity contribution >= 4 is 17.1 Å². The van der Waals surface area contributed by atoms with Gasteiger partial charge in [-0.25, -0.2) is 4.98 Å². The van der Waals surface area contributed by atoms with Crippen molar-refractivity contribution in [2.24, 2.45) is 7.05 Å². The van der Waals surface area contributed by atoms with E-state index in [-0.39, 0.29) is 0 Å². The molecule has 0 spiro atoms. The first-order valence-electron chi connectivity index (χ1n) is 6.14. The predicted molar refractivity (Wildman–Crippen MR) is 73.7 cm³/mol. The lowest BCUT2D eigenvalue weighted by Gasteiger charge is -2.07. The highest BCUT2D eigenvalue weighted by Gasteiger charge is 2.15. The van der Waals surface area contributed by atoms with Crippen LogP contribution in [0.3, 0.4) is 0 Å². The summed E-state index contributed by atoms with van der Waals surface area (Å²) in [7, 11) is 1.90. The first-order chi connectivity index (χ1) is 9.06. The van der Waals surface area contributed by atoms with Crippen LogP contribution >= 0.6 is 0 Å². The van der Waals surface area contributed by atoms with Gasteiger partial charge in [0.25, 0.3) is 0 Å². The molecule has 0 bridgehead atoms. The number of nitrogen functional groups attached to an aromatic ring is 1. The molecule has 0 saturated carbocycles. The van der Waals surface area contributed by atoms with E-state index in [0.717, 1.165) is 28.2 Å². The number of nitrogens with two attached hydrogens (primary N) is 1. The van der Waals surface area contributed by atoms with Gasteiger partial charge in [0.1, 0.15) is 5.52 Å². The lowest BCUT2D eigenvalue weighted by Crippen LogP contribution is -2.09. The van der Waals surface area contributed by atoms with Gasteiger partial charge in [-0.15, -0.1) is 0 Å². The highest BCUT2D eigenvalue weighted by Crippen LogP contribution is 2.21. The summed E-state index contributed by atoms with van der Waals surface area (Å²) in [5.41, 5.74) is 10.6. The number of hydrogen-bond donors (Lipinski definition) is 1. The van der Waals surface area contributed by atoms with E-state index in [9.17, 15) is 0 Å². The van der Waals surface area contributed by atoms with Gasteiger partial charge in [-0.1, -0.05) is 6.07 Å². The molecule has 0 aliphatic rings.